The molecular formula is C21H38F4OS2. The molecule has 168 valence electrons. The number of alkyl halides is 4. The van der Waals surface area contributed by atoms with Crippen LogP contribution in [0.2, 0.25) is 0 Å². The molecule has 1 aliphatic rings. The Morgan fingerprint density at radius 1 is 0.643 bits per heavy atom. The quantitative estimate of drug-likeness (QED) is 0.155. The van der Waals surface area contributed by atoms with E-state index >= 15 is 0 Å². The Morgan fingerprint density at radius 2 is 1.00 bits per heavy atom. The molecule has 28 heavy (non-hydrogen) atoms. The Labute approximate surface area is 177 Å². The van der Waals surface area contributed by atoms with E-state index in [1.54, 1.807) is 0 Å². The van der Waals surface area contributed by atoms with E-state index < -0.39 is 29.1 Å². The SMILES string of the molecule is CCCCCCCCSC(F)(F)C1(C(F)(F)SCCCCCCCC)COC1. The monoisotopic (exact) mass is 446 g/mol. The second kappa shape index (κ2) is 13.6. The fourth-order valence-electron chi connectivity index (χ4n) is 3.25. The third-order valence-electron chi connectivity index (χ3n) is 5.37. The topological polar surface area (TPSA) is 9.23 Å². The zero-order chi connectivity index (χ0) is 20.9. The number of ether oxygens (including phenoxy) is 1. The average molecular weight is 447 g/mol. The smallest absolute Gasteiger partial charge is 0.310 e. The van der Waals surface area contributed by atoms with Crippen LogP contribution in [0.5, 0.6) is 0 Å². The number of halogens is 4. The van der Waals surface area contributed by atoms with Crippen LogP contribution in [0.3, 0.4) is 0 Å². The summed E-state index contributed by atoms with van der Waals surface area (Å²) in [5.74, 6) is 0.443. The molecule has 1 saturated heterocycles. The van der Waals surface area contributed by atoms with Gasteiger partial charge in [-0.3, -0.25) is 0 Å². The van der Waals surface area contributed by atoms with Crippen LogP contribution in [0.25, 0.3) is 0 Å². The number of thioether (sulfide) groups is 2. The van der Waals surface area contributed by atoms with Crippen LogP contribution >= 0.6 is 23.5 Å². The van der Waals surface area contributed by atoms with Crippen LogP contribution in [0.15, 0.2) is 0 Å². The molecule has 1 aliphatic heterocycles. The van der Waals surface area contributed by atoms with Gasteiger partial charge in [-0.1, -0.05) is 102 Å². The average Bonchev–Trinajstić information content (AvgIpc) is 2.58. The molecule has 0 aliphatic carbocycles. The van der Waals surface area contributed by atoms with Crippen molar-refractivity contribution in [1.82, 2.24) is 0 Å². The predicted molar refractivity (Wildman–Crippen MR) is 115 cm³/mol. The van der Waals surface area contributed by atoms with Gasteiger partial charge in [0.15, 0.2) is 5.41 Å². The van der Waals surface area contributed by atoms with Gasteiger partial charge in [-0.25, -0.2) is 0 Å². The Morgan fingerprint density at radius 3 is 1.32 bits per heavy atom. The first-order chi connectivity index (χ1) is 13.3. The van der Waals surface area contributed by atoms with E-state index in [4.69, 9.17) is 4.74 Å². The zero-order valence-corrected chi connectivity index (χ0v) is 19.2. The van der Waals surface area contributed by atoms with E-state index in [1.807, 2.05) is 0 Å². The molecule has 0 atom stereocenters. The van der Waals surface area contributed by atoms with E-state index in [9.17, 15) is 17.6 Å². The molecule has 0 unspecified atom stereocenters. The molecule has 0 aromatic heterocycles. The largest absolute Gasteiger partial charge is 0.379 e. The molecule has 1 nitrogen and oxygen atoms in total. The van der Waals surface area contributed by atoms with E-state index in [1.165, 1.54) is 0 Å². The van der Waals surface area contributed by atoms with Crippen molar-refractivity contribution in [2.24, 2.45) is 5.41 Å². The van der Waals surface area contributed by atoms with E-state index in [2.05, 4.69) is 13.8 Å². The van der Waals surface area contributed by atoms with Gasteiger partial charge in [-0.15, -0.1) is 0 Å². The van der Waals surface area contributed by atoms with Crippen molar-refractivity contribution < 1.29 is 22.3 Å². The van der Waals surface area contributed by atoms with E-state index in [-0.39, 0.29) is 11.5 Å². The minimum absolute atomic E-state index is 0.221. The maximum absolute atomic E-state index is 14.8. The molecule has 0 amide bonds. The van der Waals surface area contributed by atoms with Gasteiger partial charge in [0.05, 0.1) is 13.2 Å². The lowest BCUT2D eigenvalue weighted by Crippen LogP contribution is -2.63. The highest BCUT2D eigenvalue weighted by Crippen LogP contribution is 2.61. The summed E-state index contributed by atoms with van der Waals surface area (Å²) >= 11 is 0.797. The highest BCUT2D eigenvalue weighted by Gasteiger charge is 2.72. The minimum atomic E-state index is -3.47. The molecule has 0 saturated carbocycles. The molecule has 0 N–H and O–H groups in total. The molecule has 1 fully saturated rings. The molecule has 0 spiro atoms. The first-order valence-corrected chi connectivity index (χ1v) is 12.9. The summed E-state index contributed by atoms with van der Waals surface area (Å²) in [5, 5.41) is -6.93. The maximum Gasteiger partial charge on any atom is 0.310 e. The van der Waals surface area contributed by atoms with Crippen molar-refractivity contribution in [3.63, 3.8) is 0 Å². The van der Waals surface area contributed by atoms with Gasteiger partial charge in [-0.2, -0.15) is 17.6 Å². The summed E-state index contributed by atoms with van der Waals surface area (Å²) in [7, 11) is 0. The van der Waals surface area contributed by atoms with Gasteiger partial charge in [0, 0.05) is 0 Å². The van der Waals surface area contributed by atoms with Crippen molar-refractivity contribution in [2.75, 3.05) is 24.7 Å². The molecule has 1 rings (SSSR count). The number of unbranched alkanes of at least 4 members (excludes halogenated alkanes) is 10. The minimum Gasteiger partial charge on any atom is -0.379 e. The summed E-state index contributed by atoms with van der Waals surface area (Å²) in [5.41, 5.74) is -2.36. The molecule has 0 aromatic rings. The zero-order valence-electron chi connectivity index (χ0n) is 17.6. The molecule has 0 radical (unpaired) electrons. The fraction of sp³-hybridized carbons (Fsp3) is 1.00. The Bertz CT molecular complexity index is 372. The standard InChI is InChI=1S/C21H38F4OS2/c1-3-5-7-9-11-13-15-27-20(22,23)19(17-26-18-19)21(24,25)28-16-14-12-10-8-6-4-2/h3-18H2,1-2H3. The third kappa shape index (κ3) is 7.90. The van der Waals surface area contributed by atoms with Gasteiger partial charge in [0.1, 0.15) is 0 Å². The Kier molecular flexibility index (Phi) is 12.9. The van der Waals surface area contributed by atoms with Crippen molar-refractivity contribution in [2.45, 2.75) is 101 Å². The highest BCUT2D eigenvalue weighted by molar-refractivity contribution is 8.01. The summed E-state index contributed by atoms with van der Waals surface area (Å²) < 4.78 is 63.9. The van der Waals surface area contributed by atoms with Crippen LogP contribution in [-0.4, -0.2) is 35.2 Å². The van der Waals surface area contributed by atoms with Gasteiger partial charge >= 0.3 is 10.5 Å². The van der Waals surface area contributed by atoms with Crippen molar-refractivity contribution >= 4 is 23.5 Å². The van der Waals surface area contributed by atoms with E-state index in [0.29, 0.717) is 36.4 Å². The fourth-order valence-corrected chi connectivity index (χ4v) is 5.57. The highest BCUT2D eigenvalue weighted by atomic mass is 32.2. The predicted octanol–water partition coefficient (Wildman–Crippen LogP) is 8.38. The lowest BCUT2D eigenvalue weighted by molar-refractivity contribution is -0.269. The summed E-state index contributed by atoms with van der Waals surface area (Å²) in [6.07, 6.45) is 11.9. The third-order valence-corrected chi connectivity index (χ3v) is 7.87. The van der Waals surface area contributed by atoms with Crippen LogP contribution in [0.1, 0.15) is 90.9 Å². The van der Waals surface area contributed by atoms with Gasteiger partial charge in [-0.05, 0) is 24.3 Å². The summed E-state index contributed by atoms with van der Waals surface area (Å²) in [4.78, 5) is 0. The Balaban J connectivity index is 2.40. The summed E-state index contributed by atoms with van der Waals surface area (Å²) in [6, 6.07) is 0. The Hall–Kier alpha value is 0.380. The van der Waals surface area contributed by atoms with Crippen molar-refractivity contribution in [1.29, 1.82) is 0 Å². The van der Waals surface area contributed by atoms with Crippen LogP contribution in [0.4, 0.5) is 17.6 Å². The van der Waals surface area contributed by atoms with Crippen molar-refractivity contribution in [3.8, 4) is 0 Å². The number of rotatable bonds is 18. The second-order valence-corrected chi connectivity index (χ2v) is 10.3. The van der Waals surface area contributed by atoms with Gasteiger partial charge < -0.3 is 4.74 Å². The first kappa shape index (κ1) is 26.4. The molecule has 1 heterocycles. The van der Waals surface area contributed by atoms with Crippen LogP contribution in [-0.2, 0) is 4.74 Å². The molecule has 0 bridgehead atoms. The lowest BCUT2D eigenvalue weighted by atomic mass is 9.86. The second-order valence-electron chi connectivity index (χ2n) is 7.84. The molecule has 0 aromatic carbocycles. The van der Waals surface area contributed by atoms with Crippen molar-refractivity contribution in [3.05, 3.63) is 0 Å². The number of hydrogen-bond acceptors (Lipinski definition) is 3. The maximum atomic E-state index is 14.8. The normalized spacial score (nSPS) is 16.9. The van der Waals surface area contributed by atoms with Gasteiger partial charge in [0.2, 0.25) is 0 Å². The number of hydrogen-bond donors (Lipinski definition) is 0. The summed E-state index contributed by atoms with van der Waals surface area (Å²) in [6.45, 7) is 3.14. The molecular weight excluding hydrogens is 408 g/mol. The van der Waals surface area contributed by atoms with Crippen LogP contribution in [0, 0.1) is 5.41 Å². The molecule has 7 heteroatoms. The van der Waals surface area contributed by atoms with Gasteiger partial charge in [0.25, 0.3) is 0 Å². The first-order valence-electron chi connectivity index (χ1n) is 10.9. The van der Waals surface area contributed by atoms with E-state index in [0.717, 1.165) is 64.2 Å². The van der Waals surface area contributed by atoms with Crippen LogP contribution < -0.4 is 0 Å². The lowest BCUT2D eigenvalue weighted by Gasteiger charge is -2.49.